The van der Waals surface area contributed by atoms with E-state index in [2.05, 4.69) is 15.7 Å². The molecule has 2 aromatic carbocycles. The first kappa shape index (κ1) is 22.1. The summed E-state index contributed by atoms with van der Waals surface area (Å²) in [7, 11) is 3.50. The van der Waals surface area contributed by atoms with Gasteiger partial charge in [0.05, 0.1) is 25.3 Å². The molecule has 0 bridgehead atoms. The van der Waals surface area contributed by atoms with Crippen LogP contribution < -0.4 is 15.4 Å². The van der Waals surface area contributed by atoms with Crippen LogP contribution in [0.5, 0.6) is 5.75 Å². The lowest BCUT2D eigenvalue weighted by molar-refractivity contribution is -0.116. The lowest BCUT2D eigenvalue weighted by atomic mass is 10.1. The molecule has 2 N–H and O–H groups in total. The van der Waals surface area contributed by atoms with E-state index in [1.807, 2.05) is 31.4 Å². The highest BCUT2D eigenvalue weighted by Gasteiger charge is 2.11. The summed E-state index contributed by atoms with van der Waals surface area (Å²) in [6.07, 6.45) is 5.95. The van der Waals surface area contributed by atoms with E-state index in [-0.39, 0.29) is 18.0 Å². The summed E-state index contributed by atoms with van der Waals surface area (Å²) in [6.45, 7) is 0.466. The third-order valence-corrected chi connectivity index (χ3v) is 5.23. The smallest absolute Gasteiger partial charge is 0.224 e. The SMILES string of the molecule is COc1cc(-c2cnn(C)c2)ccc1CNc1ccc(F)c(NC(=O)CCc2ccco2)c1. The number of carbonyl (C=O) groups excluding carboxylic acids is 1. The molecular weight excluding hydrogens is 423 g/mol. The molecule has 0 spiro atoms. The number of nitrogens with zero attached hydrogens (tertiary/aromatic N) is 2. The molecule has 0 aliphatic carbocycles. The summed E-state index contributed by atoms with van der Waals surface area (Å²) in [5.41, 5.74) is 3.75. The number of ether oxygens (including phenoxy) is 1. The second-order valence-corrected chi connectivity index (χ2v) is 7.61. The number of halogens is 1. The van der Waals surface area contributed by atoms with Gasteiger partial charge in [0.15, 0.2) is 0 Å². The van der Waals surface area contributed by atoms with E-state index in [1.165, 1.54) is 6.07 Å². The molecule has 0 unspecified atom stereocenters. The fraction of sp³-hybridized carbons (Fsp3) is 0.200. The molecular formula is C25H25FN4O3. The fourth-order valence-electron chi connectivity index (χ4n) is 3.47. The van der Waals surface area contributed by atoms with Crippen molar-refractivity contribution in [2.75, 3.05) is 17.7 Å². The largest absolute Gasteiger partial charge is 0.496 e. The van der Waals surface area contributed by atoms with Gasteiger partial charge in [-0.15, -0.1) is 0 Å². The first-order chi connectivity index (χ1) is 16.0. The molecule has 0 saturated carbocycles. The average molecular weight is 448 g/mol. The van der Waals surface area contributed by atoms with Crippen molar-refractivity contribution in [1.82, 2.24) is 9.78 Å². The molecule has 0 saturated heterocycles. The average Bonchev–Trinajstić information content (AvgIpc) is 3.50. The minimum atomic E-state index is -0.495. The summed E-state index contributed by atoms with van der Waals surface area (Å²) in [5, 5.41) is 10.1. The Morgan fingerprint density at radius 2 is 2.06 bits per heavy atom. The standard InChI is InChI=1S/C25H25FN4O3/c1-30-16-19(15-28-30)17-5-6-18(24(12-17)32-2)14-27-20-7-9-22(26)23(13-20)29-25(31)10-8-21-4-3-11-33-21/h3-7,9,11-13,15-16,27H,8,10,14H2,1-2H3,(H,29,31). The number of aromatic nitrogens is 2. The van der Waals surface area contributed by atoms with E-state index < -0.39 is 5.82 Å². The number of furan rings is 1. The van der Waals surface area contributed by atoms with Crippen LogP contribution in [0.25, 0.3) is 11.1 Å². The molecule has 7 nitrogen and oxygen atoms in total. The number of methoxy groups -OCH3 is 1. The van der Waals surface area contributed by atoms with Crippen molar-refractivity contribution in [3.05, 3.63) is 84.3 Å². The topological polar surface area (TPSA) is 81.3 Å². The summed E-state index contributed by atoms with van der Waals surface area (Å²) >= 11 is 0. The molecule has 8 heteroatoms. The number of aryl methyl sites for hydroxylation is 2. The molecule has 0 radical (unpaired) electrons. The monoisotopic (exact) mass is 448 g/mol. The normalized spacial score (nSPS) is 10.8. The Kier molecular flexibility index (Phi) is 6.73. The van der Waals surface area contributed by atoms with Crippen molar-refractivity contribution in [1.29, 1.82) is 0 Å². The molecule has 2 aromatic heterocycles. The molecule has 0 fully saturated rings. The van der Waals surface area contributed by atoms with Crippen LogP contribution in [0.3, 0.4) is 0 Å². The van der Waals surface area contributed by atoms with Gasteiger partial charge in [-0.05, 0) is 42.0 Å². The van der Waals surface area contributed by atoms with Crippen molar-refractivity contribution < 1.29 is 18.3 Å². The van der Waals surface area contributed by atoms with Crippen molar-refractivity contribution in [3.8, 4) is 16.9 Å². The second-order valence-electron chi connectivity index (χ2n) is 7.61. The van der Waals surface area contributed by atoms with Gasteiger partial charge in [0.2, 0.25) is 5.91 Å². The molecule has 4 rings (SSSR count). The Hall–Kier alpha value is -4.07. The summed E-state index contributed by atoms with van der Waals surface area (Å²) in [5.74, 6) is 0.669. The van der Waals surface area contributed by atoms with Crippen molar-refractivity contribution >= 4 is 17.3 Å². The number of hydrogen-bond acceptors (Lipinski definition) is 5. The molecule has 0 atom stereocenters. The van der Waals surface area contributed by atoms with Gasteiger partial charge >= 0.3 is 0 Å². The predicted molar refractivity (Wildman–Crippen MR) is 125 cm³/mol. The van der Waals surface area contributed by atoms with Crippen LogP contribution in [0.4, 0.5) is 15.8 Å². The van der Waals surface area contributed by atoms with E-state index in [0.29, 0.717) is 24.4 Å². The zero-order chi connectivity index (χ0) is 23.2. The first-order valence-electron chi connectivity index (χ1n) is 10.5. The lowest BCUT2D eigenvalue weighted by Gasteiger charge is -2.13. The number of nitrogens with one attached hydrogen (secondary N) is 2. The number of carbonyl (C=O) groups is 1. The first-order valence-corrected chi connectivity index (χ1v) is 10.5. The Balaban J connectivity index is 1.40. The van der Waals surface area contributed by atoms with Crippen LogP contribution in [-0.4, -0.2) is 22.8 Å². The van der Waals surface area contributed by atoms with Crippen LogP contribution in [-0.2, 0) is 24.8 Å². The van der Waals surface area contributed by atoms with Gasteiger partial charge in [0.25, 0.3) is 0 Å². The highest BCUT2D eigenvalue weighted by Crippen LogP contribution is 2.28. The maximum absolute atomic E-state index is 14.2. The molecule has 0 aliphatic rings. The third kappa shape index (κ3) is 5.60. The molecule has 0 aliphatic heterocycles. The molecule has 33 heavy (non-hydrogen) atoms. The van der Waals surface area contributed by atoms with Gasteiger partial charge in [0, 0.05) is 49.4 Å². The lowest BCUT2D eigenvalue weighted by Crippen LogP contribution is -2.13. The van der Waals surface area contributed by atoms with Gasteiger partial charge in [-0.1, -0.05) is 12.1 Å². The minimum Gasteiger partial charge on any atom is -0.496 e. The van der Waals surface area contributed by atoms with Gasteiger partial charge in [0.1, 0.15) is 17.3 Å². The zero-order valence-electron chi connectivity index (χ0n) is 18.5. The van der Waals surface area contributed by atoms with Crippen LogP contribution in [0, 0.1) is 5.82 Å². The van der Waals surface area contributed by atoms with Gasteiger partial charge in [-0.25, -0.2) is 4.39 Å². The molecule has 170 valence electrons. The Labute approximate surface area is 191 Å². The number of rotatable bonds is 9. The van der Waals surface area contributed by atoms with Gasteiger partial charge < -0.3 is 19.8 Å². The van der Waals surface area contributed by atoms with E-state index in [1.54, 1.807) is 48.5 Å². The maximum atomic E-state index is 14.2. The number of anilines is 2. The Morgan fingerprint density at radius 1 is 1.18 bits per heavy atom. The van der Waals surface area contributed by atoms with Crippen LogP contribution in [0.2, 0.25) is 0 Å². The van der Waals surface area contributed by atoms with Gasteiger partial charge in [-0.2, -0.15) is 5.10 Å². The van der Waals surface area contributed by atoms with E-state index >= 15 is 0 Å². The zero-order valence-corrected chi connectivity index (χ0v) is 18.5. The van der Waals surface area contributed by atoms with Crippen molar-refractivity contribution in [2.45, 2.75) is 19.4 Å². The number of amides is 1. The van der Waals surface area contributed by atoms with E-state index in [0.717, 1.165) is 22.4 Å². The van der Waals surface area contributed by atoms with Crippen molar-refractivity contribution in [2.24, 2.45) is 7.05 Å². The van der Waals surface area contributed by atoms with Crippen molar-refractivity contribution in [3.63, 3.8) is 0 Å². The van der Waals surface area contributed by atoms with E-state index in [9.17, 15) is 9.18 Å². The van der Waals surface area contributed by atoms with Crippen LogP contribution in [0.1, 0.15) is 17.7 Å². The quantitative estimate of drug-likeness (QED) is 0.376. The summed E-state index contributed by atoms with van der Waals surface area (Å²) in [4.78, 5) is 12.2. The highest BCUT2D eigenvalue weighted by atomic mass is 19.1. The molecule has 2 heterocycles. The van der Waals surface area contributed by atoms with Crippen LogP contribution in [0.15, 0.2) is 71.6 Å². The van der Waals surface area contributed by atoms with E-state index in [4.69, 9.17) is 9.15 Å². The summed E-state index contributed by atoms with van der Waals surface area (Å²) < 4.78 is 26.8. The Bertz CT molecular complexity index is 1230. The van der Waals surface area contributed by atoms with Gasteiger partial charge in [-0.3, -0.25) is 9.48 Å². The maximum Gasteiger partial charge on any atom is 0.224 e. The Morgan fingerprint density at radius 3 is 2.79 bits per heavy atom. The third-order valence-electron chi connectivity index (χ3n) is 5.23. The number of benzene rings is 2. The number of hydrogen-bond donors (Lipinski definition) is 2. The minimum absolute atomic E-state index is 0.128. The predicted octanol–water partition coefficient (Wildman–Crippen LogP) is 5.01. The fourth-order valence-corrected chi connectivity index (χ4v) is 3.47. The van der Waals surface area contributed by atoms with Crippen LogP contribution >= 0.6 is 0 Å². The highest BCUT2D eigenvalue weighted by molar-refractivity contribution is 5.91. The second kappa shape index (κ2) is 10.0. The summed E-state index contributed by atoms with van der Waals surface area (Å²) in [6, 6.07) is 14.1. The molecule has 4 aromatic rings. The molecule has 1 amide bonds.